The van der Waals surface area contributed by atoms with E-state index in [9.17, 15) is 9.59 Å². The van der Waals surface area contributed by atoms with Gasteiger partial charge in [-0.15, -0.1) is 0 Å². The van der Waals surface area contributed by atoms with Crippen molar-refractivity contribution in [3.8, 4) is 5.75 Å². The first-order chi connectivity index (χ1) is 16.8. The van der Waals surface area contributed by atoms with Crippen molar-refractivity contribution < 1.29 is 14.3 Å². The summed E-state index contributed by atoms with van der Waals surface area (Å²) < 4.78 is 5.82. The van der Waals surface area contributed by atoms with E-state index in [2.05, 4.69) is 5.32 Å². The number of benzene rings is 3. The maximum absolute atomic E-state index is 13.5. The number of nitrogens with one attached hydrogen (secondary N) is 1. The molecule has 0 aliphatic heterocycles. The molecule has 2 amide bonds. The highest BCUT2D eigenvalue weighted by Crippen LogP contribution is 2.18. The SMILES string of the molecule is Cc1cccc(OCC(=O)N(Cc2ccc(Cl)cc2)[C@H](Cc2ccccc2)C(=O)NCC(C)C)c1. The Morgan fingerprint density at radius 2 is 1.66 bits per heavy atom. The van der Waals surface area contributed by atoms with Crippen LogP contribution in [0.1, 0.15) is 30.5 Å². The topological polar surface area (TPSA) is 58.6 Å². The predicted octanol–water partition coefficient (Wildman–Crippen LogP) is 5.44. The second-order valence-corrected chi connectivity index (χ2v) is 9.53. The fraction of sp³-hybridized carbons (Fsp3) is 0.310. The molecule has 6 heteroatoms. The van der Waals surface area contributed by atoms with Crippen LogP contribution in [0, 0.1) is 12.8 Å². The Balaban J connectivity index is 1.89. The molecule has 0 spiro atoms. The molecule has 0 radical (unpaired) electrons. The normalized spacial score (nSPS) is 11.7. The first kappa shape index (κ1) is 26.3. The minimum absolute atomic E-state index is 0.167. The summed E-state index contributed by atoms with van der Waals surface area (Å²) in [6.07, 6.45) is 0.397. The lowest BCUT2D eigenvalue weighted by atomic mass is 10.0. The van der Waals surface area contributed by atoms with Crippen molar-refractivity contribution in [2.45, 2.75) is 39.8 Å². The first-order valence-electron chi connectivity index (χ1n) is 11.9. The zero-order valence-electron chi connectivity index (χ0n) is 20.5. The molecule has 3 aromatic carbocycles. The van der Waals surface area contributed by atoms with Crippen LogP contribution < -0.4 is 10.1 Å². The van der Waals surface area contributed by atoms with Crippen molar-refractivity contribution in [1.29, 1.82) is 0 Å². The van der Waals surface area contributed by atoms with Gasteiger partial charge in [0.2, 0.25) is 5.91 Å². The van der Waals surface area contributed by atoms with Crippen molar-refractivity contribution in [3.63, 3.8) is 0 Å². The monoisotopic (exact) mass is 492 g/mol. The second-order valence-electron chi connectivity index (χ2n) is 9.10. The maximum atomic E-state index is 13.5. The van der Waals surface area contributed by atoms with E-state index >= 15 is 0 Å². The second kappa shape index (κ2) is 13.0. The molecule has 0 aliphatic rings. The lowest BCUT2D eigenvalue weighted by molar-refractivity contribution is -0.142. The third kappa shape index (κ3) is 8.45. The quantitative estimate of drug-likeness (QED) is 0.387. The summed E-state index contributed by atoms with van der Waals surface area (Å²) in [4.78, 5) is 28.5. The molecule has 0 unspecified atom stereocenters. The number of hydrogen-bond acceptors (Lipinski definition) is 3. The van der Waals surface area contributed by atoms with Gasteiger partial charge in [-0.2, -0.15) is 0 Å². The first-order valence-corrected chi connectivity index (χ1v) is 12.2. The molecular formula is C29H33ClN2O3. The summed E-state index contributed by atoms with van der Waals surface area (Å²) in [7, 11) is 0. The van der Waals surface area contributed by atoms with Gasteiger partial charge >= 0.3 is 0 Å². The van der Waals surface area contributed by atoms with Crippen LogP contribution in [0.2, 0.25) is 5.02 Å². The Morgan fingerprint density at radius 1 is 0.943 bits per heavy atom. The van der Waals surface area contributed by atoms with Crippen LogP contribution in [0.15, 0.2) is 78.9 Å². The number of ether oxygens (including phenoxy) is 1. The van der Waals surface area contributed by atoms with Crippen LogP contribution in [0.3, 0.4) is 0 Å². The van der Waals surface area contributed by atoms with Crippen LogP contribution in [-0.4, -0.2) is 35.9 Å². The zero-order valence-corrected chi connectivity index (χ0v) is 21.3. The molecule has 1 atom stereocenters. The summed E-state index contributed by atoms with van der Waals surface area (Å²) in [5, 5.41) is 3.63. The van der Waals surface area contributed by atoms with E-state index in [1.165, 1.54) is 0 Å². The molecule has 0 aromatic heterocycles. The average molecular weight is 493 g/mol. The van der Waals surface area contributed by atoms with Gasteiger partial charge in [0.25, 0.3) is 5.91 Å². The van der Waals surface area contributed by atoms with E-state index in [1.807, 2.05) is 87.5 Å². The minimum atomic E-state index is -0.694. The van der Waals surface area contributed by atoms with Gasteiger partial charge in [-0.05, 0) is 53.8 Å². The van der Waals surface area contributed by atoms with E-state index in [1.54, 1.807) is 17.0 Å². The van der Waals surface area contributed by atoms with Crippen molar-refractivity contribution in [1.82, 2.24) is 10.2 Å². The van der Waals surface area contributed by atoms with Gasteiger partial charge in [0.15, 0.2) is 6.61 Å². The fourth-order valence-corrected chi connectivity index (χ4v) is 3.82. The molecule has 35 heavy (non-hydrogen) atoms. The van der Waals surface area contributed by atoms with Crippen LogP contribution in [0.5, 0.6) is 5.75 Å². The van der Waals surface area contributed by atoms with Crippen molar-refractivity contribution in [3.05, 3.63) is 101 Å². The Morgan fingerprint density at radius 3 is 2.31 bits per heavy atom. The number of nitrogens with zero attached hydrogens (tertiary/aromatic N) is 1. The third-order valence-electron chi connectivity index (χ3n) is 5.57. The van der Waals surface area contributed by atoms with Gasteiger partial charge < -0.3 is 15.0 Å². The largest absolute Gasteiger partial charge is 0.484 e. The highest BCUT2D eigenvalue weighted by molar-refractivity contribution is 6.30. The number of carbonyl (C=O) groups is 2. The summed E-state index contributed by atoms with van der Waals surface area (Å²) in [6.45, 7) is 6.68. The standard InChI is InChI=1S/C29H33ClN2O3/c1-21(2)18-31-29(34)27(17-23-9-5-4-6-10-23)32(19-24-12-14-25(30)15-13-24)28(33)20-35-26-11-7-8-22(3)16-26/h4-16,21,27H,17-20H2,1-3H3,(H,31,34)/t27-/m1/s1. The van der Waals surface area contributed by atoms with Crippen LogP contribution in [-0.2, 0) is 22.6 Å². The predicted molar refractivity (Wildman–Crippen MR) is 140 cm³/mol. The summed E-state index contributed by atoms with van der Waals surface area (Å²) in [5.74, 6) is 0.470. The lowest BCUT2D eigenvalue weighted by Gasteiger charge is -2.31. The highest BCUT2D eigenvalue weighted by atomic mass is 35.5. The number of halogens is 1. The Bertz CT molecular complexity index is 1100. The van der Waals surface area contributed by atoms with Crippen molar-refractivity contribution >= 4 is 23.4 Å². The van der Waals surface area contributed by atoms with E-state index in [0.29, 0.717) is 29.7 Å². The Labute approximate surface area is 213 Å². The van der Waals surface area contributed by atoms with Crippen molar-refractivity contribution in [2.75, 3.05) is 13.2 Å². The van der Waals surface area contributed by atoms with Crippen molar-refractivity contribution in [2.24, 2.45) is 5.92 Å². The molecule has 1 N–H and O–H groups in total. The lowest BCUT2D eigenvalue weighted by Crippen LogP contribution is -2.52. The molecular weight excluding hydrogens is 460 g/mol. The molecule has 3 rings (SSSR count). The van der Waals surface area contributed by atoms with Gasteiger partial charge in [0.05, 0.1) is 0 Å². The third-order valence-corrected chi connectivity index (χ3v) is 5.83. The molecule has 0 bridgehead atoms. The smallest absolute Gasteiger partial charge is 0.261 e. The molecule has 3 aromatic rings. The number of hydrogen-bond donors (Lipinski definition) is 1. The van der Waals surface area contributed by atoms with Gasteiger partial charge in [-0.3, -0.25) is 9.59 Å². The van der Waals surface area contributed by atoms with Crippen LogP contribution >= 0.6 is 11.6 Å². The minimum Gasteiger partial charge on any atom is -0.484 e. The molecule has 5 nitrogen and oxygen atoms in total. The van der Waals surface area contributed by atoms with Gasteiger partial charge in [0, 0.05) is 24.5 Å². The molecule has 0 saturated carbocycles. The Hall–Kier alpha value is -3.31. The molecule has 0 heterocycles. The van der Waals surface area contributed by atoms with Crippen LogP contribution in [0.25, 0.3) is 0 Å². The molecule has 0 fully saturated rings. The summed E-state index contributed by atoms with van der Waals surface area (Å²) in [6, 6.07) is 23.9. The molecule has 184 valence electrons. The fourth-order valence-electron chi connectivity index (χ4n) is 3.70. The Kier molecular flexibility index (Phi) is 9.74. The van der Waals surface area contributed by atoms with Gasteiger partial charge in [-0.1, -0.05) is 80.0 Å². The maximum Gasteiger partial charge on any atom is 0.261 e. The van der Waals surface area contributed by atoms with Crippen LogP contribution in [0.4, 0.5) is 0 Å². The van der Waals surface area contributed by atoms with E-state index in [-0.39, 0.29) is 25.0 Å². The molecule has 0 aliphatic carbocycles. The number of rotatable bonds is 11. The van der Waals surface area contributed by atoms with Gasteiger partial charge in [0.1, 0.15) is 11.8 Å². The number of amides is 2. The van der Waals surface area contributed by atoms with Gasteiger partial charge in [-0.25, -0.2) is 0 Å². The molecule has 0 saturated heterocycles. The number of aryl methyl sites for hydroxylation is 1. The highest BCUT2D eigenvalue weighted by Gasteiger charge is 2.30. The average Bonchev–Trinajstić information content (AvgIpc) is 2.85. The van der Waals surface area contributed by atoms with E-state index in [4.69, 9.17) is 16.3 Å². The number of carbonyl (C=O) groups excluding carboxylic acids is 2. The summed E-state index contributed by atoms with van der Waals surface area (Å²) in [5.41, 5.74) is 2.90. The van der Waals surface area contributed by atoms with E-state index < -0.39 is 6.04 Å². The zero-order chi connectivity index (χ0) is 25.2. The van der Waals surface area contributed by atoms with E-state index in [0.717, 1.165) is 16.7 Å². The summed E-state index contributed by atoms with van der Waals surface area (Å²) >= 11 is 6.07.